The van der Waals surface area contributed by atoms with Crippen molar-refractivity contribution >= 4 is 22.4 Å². The summed E-state index contributed by atoms with van der Waals surface area (Å²) < 4.78 is 0. The van der Waals surface area contributed by atoms with Crippen molar-refractivity contribution < 1.29 is 4.79 Å². The summed E-state index contributed by atoms with van der Waals surface area (Å²) in [4.78, 5) is 16.2. The molecule has 0 saturated heterocycles. The van der Waals surface area contributed by atoms with Crippen molar-refractivity contribution in [3.63, 3.8) is 0 Å². The number of para-hydroxylation sites is 1. The number of hydrogen-bond acceptors (Lipinski definition) is 2. The minimum atomic E-state index is -0.0820. The van der Waals surface area contributed by atoms with Crippen LogP contribution in [0.1, 0.15) is 23.7 Å². The van der Waals surface area contributed by atoms with E-state index in [1.54, 1.807) is 0 Å². The highest BCUT2D eigenvalue weighted by Gasteiger charge is 2.10. The second-order valence-electron chi connectivity index (χ2n) is 5.98. The van der Waals surface area contributed by atoms with Crippen LogP contribution in [0.2, 0.25) is 0 Å². The number of amides is 1. The molecule has 0 spiro atoms. The van der Waals surface area contributed by atoms with Crippen molar-refractivity contribution in [3.8, 4) is 11.3 Å². The molecule has 1 aromatic heterocycles. The summed E-state index contributed by atoms with van der Waals surface area (Å²) in [5.74, 6) is -0.0820. The second-order valence-corrected chi connectivity index (χ2v) is 5.98. The monoisotopic (exact) mass is 304 g/mol. The maximum atomic E-state index is 11.4. The predicted octanol–water partition coefficient (Wildman–Crippen LogP) is 4.79. The van der Waals surface area contributed by atoms with E-state index in [9.17, 15) is 4.79 Å². The average molecular weight is 304 g/mol. The molecule has 0 unspecified atom stereocenters. The molecule has 3 nitrogen and oxygen atoms in total. The molecule has 0 radical (unpaired) electrons. The average Bonchev–Trinajstić information content (AvgIpc) is 2.49. The Morgan fingerprint density at radius 3 is 2.43 bits per heavy atom. The number of carbonyl (C=O) groups excluding carboxylic acids is 1. The normalized spacial score (nSPS) is 10.8. The van der Waals surface area contributed by atoms with E-state index in [2.05, 4.69) is 37.4 Å². The largest absolute Gasteiger partial charge is 0.326 e. The Labute approximate surface area is 136 Å². The number of aryl methyl sites for hydroxylation is 3. The Kier molecular flexibility index (Phi) is 3.87. The van der Waals surface area contributed by atoms with Crippen molar-refractivity contribution in [3.05, 3.63) is 59.3 Å². The highest BCUT2D eigenvalue weighted by molar-refractivity contribution is 5.95. The summed E-state index contributed by atoms with van der Waals surface area (Å²) in [5, 5.41) is 5.23. The van der Waals surface area contributed by atoms with Gasteiger partial charge in [0.2, 0.25) is 5.91 Å². The molecule has 1 N–H and O–H groups in total. The fourth-order valence-electron chi connectivity index (χ4n) is 2.83. The summed E-state index contributed by atoms with van der Waals surface area (Å²) in [6, 6.07) is 14.2. The van der Waals surface area contributed by atoms with E-state index in [1.165, 1.54) is 28.8 Å². The van der Waals surface area contributed by atoms with E-state index in [0.717, 1.165) is 22.6 Å². The molecule has 3 heteroatoms. The zero-order chi connectivity index (χ0) is 16.6. The minimum absolute atomic E-state index is 0.0820. The molecule has 0 aliphatic carbocycles. The lowest BCUT2D eigenvalue weighted by atomic mass is 9.99. The summed E-state index contributed by atoms with van der Waals surface area (Å²) in [6.45, 7) is 7.78. The van der Waals surface area contributed by atoms with Gasteiger partial charge in [-0.15, -0.1) is 0 Å². The zero-order valence-corrected chi connectivity index (χ0v) is 13.9. The van der Waals surface area contributed by atoms with E-state index in [0.29, 0.717) is 0 Å². The maximum absolute atomic E-state index is 11.4. The molecule has 23 heavy (non-hydrogen) atoms. The van der Waals surface area contributed by atoms with Crippen LogP contribution in [0.5, 0.6) is 0 Å². The van der Waals surface area contributed by atoms with Gasteiger partial charge in [0.1, 0.15) is 0 Å². The SMILES string of the molecule is CC(=O)Nc1ccccc1-c1cc2cc(C)c(C)cc2c(C)n1. The highest BCUT2D eigenvalue weighted by Crippen LogP contribution is 2.31. The Morgan fingerprint density at radius 2 is 1.70 bits per heavy atom. The Morgan fingerprint density at radius 1 is 1.00 bits per heavy atom. The first kappa shape index (κ1) is 15.2. The highest BCUT2D eigenvalue weighted by atomic mass is 16.1. The first-order valence-corrected chi connectivity index (χ1v) is 7.71. The van der Waals surface area contributed by atoms with Gasteiger partial charge in [-0.1, -0.05) is 24.3 Å². The lowest BCUT2D eigenvalue weighted by Crippen LogP contribution is -2.07. The quantitative estimate of drug-likeness (QED) is 0.740. The van der Waals surface area contributed by atoms with Crippen LogP contribution in [0.3, 0.4) is 0 Å². The smallest absolute Gasteiger partial charge is 0.221 e. The topological polar surface area (TPSA) is 42.0 Å². The summed E-state index contributed by atoms with van der Waals surface area (Å²) in [5.41, 5.74) is 6.14. The van der Waals surface area contributed by atoms with Gasteiger partial charge >= 0.3 is 0 Å². The van der Waals surface area contributed by atoms with E-state index in [-0.39, 0.29) is 5.91 Å². The Bertz CT molecular complexity index is 913. The molecule has 0 aliphatic heterocycles. The van der Waals surface area contributed by atoms with Gasteiger partial charge in [-0.2, -0.15) is 0 Å². The minimum Gasteiger partial charge on any atom is -0.326 e. The van der Waals surface area contributed by atoms with Crippen LogP contribution in [-0.2, 0) is 4.79 Å². The molecule has 0 bridgehead atoms. The van der Waals surface area contributed by atoms with E-state index in [4.69, 9.17) is 4.98 Å². The molecular formula is C20H20N2O. The number of carbonyl (C=O) groups is 1. The van der Waals surface area contributed by atoms with Crippen LogP contribution in [0.25, 0.3) is 22.0 Å². The summed E-state index contributed by atoms with van der Waals surface area (Å²) >= 11 is 0. The second kappa shape index (κ2) is 5.84. The van der Waals surface area contributed by atoms with Crippen molar-refractivity contribution in [2.75, 3.05) is 5.32 Å². The number of anilines is 1. The van der Waals surface area contributed by atoms with Crippen LogP contribution in [0.4, 0.5) is 5.69 Å². The third kappa shape index (κ3) is 2.95. The molecule has 0 saturated carbocycles. The van der Waals surface area contributed by atoms with Gasteiger partial charge in [-0.05, 0) is 55.5 Å². The molecule has 3 aromatic rings. The van der Waals surface area contributed by atoms with Gasteiger partial charge in [-0.3, -0.25) is 9.78 Å². The number of pyridine rings is 1. The van der Waals surface area contributed by atoms with Crippen molar-refractivity contribution in [2.24, 2.45) is 0 Å². The molecular weight excluding hydrogens is 284 g/mol. The van der Waals surface area contributed by atoms with Crippen LogP contribution in [0.15, 0.2) is 42.5 Å². The number of benzene rings is 2. The van der Waals surface area contributed by atoms with E-state index >= 15 is 0 Å². The molecule has 0 aliphatic rings. The first-order valence-electron chi connectivity index (χ1n) is 7.71. The molecule has 1 heterocycles. The van der Waals surface area contributed by atoms with E-state index in [1.807, 2.05) is 31.2 Å². The van der Waals surface area contributed by atoms with Crippen LogP contribution >= 0.6 is 0 Å². The summed E-state index contributed by atoms with van der Waals surface area (Å²) in [6.07, 6.45) is 0. The maximum Gasteiger partial charge on any atom is 0.221 e. The number of nitrogens with zero attached hydrogens (tertiary/aromatic N) is 1. The molecule has 0 fully saturated rings. The summed E-state index contributed by atoms with van der Waals surface area (Å²) in [7, 11) is 0. The van der Waals surface area contributed by atoms with Gasteiger partial charge in [0.15, 0.2) is 0 Å². The fraction of sp³-hybridized carbons (Fsp3) is 0.200. The number of fused-ring (bicyclic) bond motifs is 1. The molecule has 0 atom stereocenters. The Balaban J connectivity index is 2.22. The van der Waals surface area contributed by atoms with Crippen molar-refractivity contribution in [2.45, 2.75) is 27.7 Å². The zero-order valence-electron chi connectivity index (χ0n) is 13.9. The third-order valence-electron chi connectivity index (χ3n) is 4.15. The third-order valence-corrected chi connectivity index (χ3v) is 4.15. The lowest BCUT2D eigenvalue weighted by Gasteiger charge is -2.12. The van der Waals surface area contributed by atoms with Gasteiger partial charge in [0.25, 0.3) is 0 Å². The Hall–Kier alpha value is -2.68. The van der Waals surface area contributed by atoms with Gasteiger partial charge in [0.05, 0.1) is 11.4 Å². The molecule has 2 aromatic carbocycles. The molecule has 3 rings (SSSR count). The number of aromatic nitrogens is 1. The standard InChI is InChI=1S/C20H20N2O/c1-12-9-16-11-20(21-14(3)18(16)10-13(12)2)17-7-5-6-8-19(17)22-15(4)23/h5-11H,1-4H3,(H,22,23). The van der Waals surface area contributed by atoms with Crippen molar-refractivity contribution in [1.29, 1.82) is 0 Å². The van der Waals surface area contributed by atoms with Crippen LogP contribution in [0, 0.1) is 20.8 Å². The van der Waals surface area contributed by atoms with Gasteiger partial charge < -0.3 is 5.32 Å². The van der Waals surface area contributed by atoms with Crippen LogP contribution < -0.4 is 5.32 Å². The number of rotatable bonds is 2. The van der Waals surface area contributed by atoms with Crippen molar-refractivity contribution in [1.82, 2.24) is 4.98 Å². The fourth-order valence-corrected chi connectivity index (χ4v) is 2.83. The first-order chi connectivity index (χ1) is 11.0. The van der Waals surface area contributed by atoms with Crippen LogP contribution in [-0.4, -0.2) is 10.9 Å². The lowest BCUT2D eigenvalue weighted by molar-refractivity contribution is -0.114. The predicted molar refractivity (Wildman–Crippen MR) is 95.7 cm³/mol. The number of nitrogens with one attached hydrogen (secondary N) is 1. The molecule has 1 amide bonds. The van der Waals surface area contributed by atoms with Gasteiger partial charge in [0, 0.05) is 23.6 Å². The molecule has 116 valence electrons. The van der Waals surface area contributed by atoms with Gasteiger partial charge in [-0.25, -0.2) is 0 Å². The number of hydrogen-bond donors (Lipinski definition) is 1. The van der Waals surface area contributed by atoms with E-state index < -0.39 is 0 Å².